The van der Waals surface area contributed by atoms with Crippen molar-refractivity contribution in [2.45, 2.75) is 11.8 Å². The first-order valence-electron chi connectivity index (χ1n) is 5.07. The third-order valence-electron chi connectivity index (χ3n) is 2.27. The average Bonchev–Trinajstić information content (AvgIpc) is 2.28. The summed E-state index contributed by atoms with van der Waals surface area (Å²) in [6.45, 7) is 1.57. The normalized spacial score (nSPS) is 15.0. The van der Waals surface area contributed by atoms with Gasteiger partial charge in [-0.1, -0.05) is 0 Å². The van der Waals surface area contributed by atoms with Crippen LogP contribution < -0.4 is 10.0 Å². The van der Waals surface area contributed by atoms with Gasteiger partial charge in [0.25, 0.3) is 0 Å². The number of benzene rings is 1. The van der Waals surface area contributed by atoms with E-state index in [1.165, 1.54) is 11.8 Å². The monoisotopic (exact) mass is 272 g/mol. The molecular formula is C10H12N2O3S2. The topological polar surface area (TPSA) is 75.3 Å². The zero-order valence-electron chi connectivity index (χ0n) is 9.19. The van der Waals surface area contributed by atoms with Gasteiger partial charge in [-0.3, -0.25) is 9.52 Å². The van der Waals surface area contributed by atoms with Crippen molar-refractivity contribution in [3.8, 4) is 0 Å². The quantitative estimate of drug-likeness (QED) is 0.874. The number of thioether (sulfide) groups is 1. The molecule has 2 N–H and O–H groups in total. The number of fused-ring (bicyclic) bond motifs is 1. The van der Waals surface area contributed by atoms with Crippen LogP contribution in [0.25, 0.3) is 0 Å². The number of nitrogens with one attached hydrogen (secondary N) is 2. The van der Waals surface area contributed by atoms with Gasteiger partial charge in [-0.15, -0.1) is 11.8 Å². The fourth-order valence-corrected chi connectivity index (χ4v) is 2.82. The van der Waals surface area contributed by atoms with E-state index in [2.05, 4.69) is 10.0 Å². The molecule has 1 aromatic rings. The molecular weight excluding hydrogens is 260 g/mol. The lowest BCUT2D eigenvalue weighted by atomic mass is 10.3. The summed E-state index contributed by atoms with van der Waals surface area (Å²) in [4.78, 5) is 12.2. The molecule has 0 aromatic heterocycles. The van der Waals surface area contributed by atoms with Gasteiger partial charge >= 0.3 is 0 Å². The lowest BCUT2D eigenvalue weighted by Gasteiger charge is -2.17. The molecule has 0 atom stereocenters. The Kier molecular flexibility index (Phi) is 3.30. The molecule has 2 rings (SSSR count). The summed E-state index contributed by atoms with van der Waals surface area (Å²) in [5.74, 6) is 0.344. The summed E-state index contributed by atoms with van der Waals surface area (Å²) >= 11 is 1.44. The van der Waals surface area contributed by atoms with E-state index in [9.17, 15) is 13.2 Å². The van der Waals surface area contributed by atoms with Crippen molar-refractivity contribution >= 4 is 39.1 Å². The minimum absolute atomic E-state index is 0.0190. The lowest BCUT2D eigenvalue weighted by Crippen LogP contribution is -2.19. The van der Waals surface area contributed by atoms with E-state index in [4.69, 9.17) is 0 Å². The molecule has 1 heterocycles. The average molecular weight is 272 g/mol. The van der Waals surface area contributed by atoms with Crippen LogP contribution >= 0.6 is 11.8 Å². The summed E-state index contributed by atoms with van der Waals surface area (Å²) in [5, 5.41) is 2.71. The number of hydrogen-bond donors (Lipinski definition) is 2. The van der Waals surface area contributed by atoms with Crippen LogP contribution in [0.4, 0.5) is 11.4 Å². The molecule has 5 nitrogen and oxygen atoms in total. The van der Waals surface area contributed by atoms with Crippen LogP contribution in [0.5, 0.6) is 0 Å². The van der Waals surface area contributed by atoms with Gasteiger partial charge in [-0.25, -0.2) is 8.42 Å². The van der Waals surface area contributed by atoms with Gasteiger partial charge in [0.05, 0.1) is 22.9 Å². The van der Waals surface area contributed by atoms with E-state index in [0.29, 0.717) is 17.1 Å². The lowest BCUT2D eigenvalue weighted by molar-refractivity contribution is -0.113. The second-order valence-corrected chi connectivity index (χ2v) is 6.58. The van der Waals surface area contributed by atoms with Crippen LogP contribution in [0.3, 0.4) is 0 Å². The maximum absolute atomic E-state index is 11.4. The molecule has 0 unspecified atom stereocenters. The minimum Gasteiger partial charge on any atom is -0.324 e. The van der Waals surface area contributed by atoms with Crippen molar-refractivity contribution in [2.24, 2.45) is 0 Å². The summed E-state index contributed by atoms with van der Waals surface area (Å²) in [7, 11) is -3.28. The number of rotatable bonds is 3. The van der Waals surface area contributed by atoms with E-state index in [1.54, 1.807) is 25.1 Å². The maximum Gasteiger partial charge on any atom is 0.234 e. The van der Waals surface area contributed by atoms with E-state index >= 15 is 0 Å². The molecule has 92 valence electrons. The van der Waals surface area contributed by atoms with Gasteiger partial charge in [-0.05, 0) is 25.1 Å². The Hall–Kier alpha value is -1.21. The second kappa shape index (κ2) is 4.58. The van der Waals surface area contributed by atoms with Gasteiger partial charge in [-0.2, -0.15) is 0 Å². The van der Waals surface area contributed by atoms with Crippen LogP contribution in [0.15, 0.2) is 23.1 Å². The number of hydrogen-bond acceptors (Lipinski definition) is 4. The number of carbonyl (C=O) groups is 1. The molecule has 0 fully saturated rings. The van der Waals surface area contributed by atoms with Gasteiger partial charge in [0.2, 0.25) is 15.9 Å². The van der Waals surface area contributed by atoms with E-state index < -0.39 is 10.0 Å². The number of carbonyl (C=O) groups excluding carboxylic acids is 1. The summed E-state index contributed by atoms with van der Waals surface area (Å²) in [6, 6.07) is 5.12. The van der Waals surface area contributed by atoms with Crippen molar-refractivity contribution in [2.75, 3.05) is 21.5 Å². The van der Waals surface area contributed by atoms with Gasteiger partial charge in [0.1, 0.15) is 0 Å². The Morgan fingerprint density at radius 2 is 2.24 bits per heavy atom. The third-order valence-corrected chi connectivity index (χ3v) is 4.65. The molecule has 0 bridgehead atoms. The molecule has 0 radical (unpaired) electrons. The van der Waals surface area contributed by atoms with Crippen LogP contribution in [0, 0.1) is 0 Å². The number of amides is 1. The molecule has 1 aromatic carbocycles. The zero-order chi connectivity index (χ0) is 12.5. The Labute approximate surface area is 104 Å². The first-order valence-corrected chi connectivity index (χ1v) is 7.71. The predicted octanol–water partition coefficient (Wildman–Crippen LogP) is 1.49. The third kappa shape index (κ3) is 2.92. The molecule has 0 aliphatic carbocycles. The highest BCUT2D eigenvalue weighted by Crippen LogP contribution is 2.33. The Balaban J connectivity index is 2.27. The van der Waals surface area contributed by atoms with Crippen molar-refractivity contribution < 1.29 is 13.2 Å². The minimum atomic E-state index is -3.28. The SMILES string of the molecule is CCS(=O)(=O)Nc1ccc2c(c1)NC(=O)CS2. The fraction of sp³-hybridized carbons (Fsp3) is 0.300. The van der Waals surface area contributed by atoms with Gasteiger partial charge in [0, 0.05) is 4.90 Å². The maximum atomic E-state index is 11.4. The summed E-state index contributed by atoms with van der Waals surface area (Å²) in [6.07, 6.45) is 0. The van der Waals surface area contributed by atoms with Crippen LogP contribution in [-0.2, 0) is 14.8 Å². The van der Waals surface area contributed by atoms with Crippen molar-refractivity contribution in [1.82, 2.24) is 0 Å². The Bertz CT molecular complexity index is 555. The highest BCUT2D eigenvalue weighted by atomic mass is 32.2. The van der Waals surface area contributed by atoms with Crippen LogP contribution in [-0.4, -0.2) is 25.8 Å². The molecule has 1 amide bonds. The Morgan fingerprint density at radius 3 is 2.94 bits per heavy atom. The second-order valence-electron chi connectivity index (χ2n) is 3.55. The van der Waals surface area contributed by atoms with Crippen molar-refractivity contribution in [1.29, 1.82) is 0 Å². The smallest absolute Gasteiger partial charge is 0.234 e. The number of anilines is 2. The van der Waals surface area contributed by atoms with E-state index in [0.717, 1.165) is 4.90 Å². The molecule has 0 saturated carbocycles. The molecule has 0 spiro atoms. The molecule has 0 saturated heterocycles. The summed E-state index contributed by atoms with van der Waals surface area (Å²) < 4.78 is 25.2. The fourth-order valence-electron chi connectivity index (χ4n) is 1.40. The van der Waals surface area contributed by atoms with Gasteiger partial charge < -0.3 is 5.32 Å². The van der Waals surface area contributed by atoms with Crippen molar-refractivity contribution in [3.63, 3.8) is 0 Å². The van der Waals surface area contributed by atoms with Gasteiger partial charge in [0.15, 0.2) is 0 Å². The molecule has 7 heteroatoms. The number of sulfonamides is 1. The van der Waals surface area contributed by atoms with E-state index in [1.807, 2.05) is 0 Å². The molecule has 17 heavy (non-hydrogen) atoms. The van der Waals surface area contributed by atoms with Crippen LogP contribution in [0.1, 0.15) is 6.92 Å². The van der Waals surface area contributed by atoms with E-state index in [-0.39, 0.29) is 11.7 Å². The van der Waals surface area contributed by atoms with Crippen LogP contribution in [0.2, 0.25) is 0 Å². The largest absolute Gasteiger partial charge is 0.324 e. The van der Waals surface area contributed by atoms with Crippen molar-refractivity contribution in [3.05, 3.63) is 18.2 Å². The molecule has 1 aliphatic rings. The zero-order valence-corrected chi connectivity index (χ0v) is 10.8. The first-order chi connectivity index (χ1) is 8.00. The molecule has 1 aliphatic heterocycles. The first kappa shape index (κ1) is 12.3. The highest BCUT2D eigenvalue weighted by Gasteiger charge is 2.16. The predicted molar refractivity (Wildman–Crippen MR) is 68.9 cm³/mol. The Morgan fingerprint density at radius 1 is 1.47 bits per heavy atom. The summed E-state index contributed by atoms with van der Waals surface area (Å²) in [5.41, 5.74) is 1.12. The standard InChI is InChI=1S/C10H12N2O3S2/c1-2-17(14,15)12-7-3-4-9-8(5-7)11-10(13)6-16-9/h3-5,12H,2,6H2,1H3,(H,11,13). The highest BCUT2D eigenvalue weighted by molar-refractivity contribution is 8.00.